The zero-order valence-electron chi connectivity index (χ0n) is 11.2. The summed E-state index contributed by atoms with van der Waals surface area (Å²) in [4.78, 5) is 11.8. The fourth-order valence-corrected chi connectivity index (χ4v) is 2.64. The highest BCUT2D eigenvalue weighted by atomic mass is 127. The third kappa shape index (κ3) is 2.62. The minimum absolute atomic E-state index is 0.113. The van der Waals surface area contributed by atoms with E-state index in [-0.39, 0.29) is 18.9 Å². The SMILES string of the molecule is CCOC(=O)c1cc2n(n1)-c1cc(I)ccc1OCC2O. The number of aromatic nitrogens is 2. The number of hydrogen-bond acceptors (Lipinski definition) is 5. The van der Waals surface area contributed by atoms with Gasteiger partial charge in [0.1, 0.15) is 24.1 Å². The number of aliphatic hydroxyl groups excluding tert-OH is 1. The fourth-order valence-electron chi connectivity index (χ4n) is 2.16. The summed E-state index contributed by atoms with van der Waals surface area (Å²) in [5, 5.41) is 14.4. The largest absolute Gasteiger partial charge is 0.488 e. The number of esters is 1. The molecule has 2 aromatic rings. The Kier molecular flexibility index (Phi) is 3.85. The molecule has 0 saturated carbocycles. The van der Waals surface area contributed by atoms with Gasteiger partial charge >= 0.3 is 5.97 Å². The smallest absolute Gasteiger partial charge is 0.358 e. The predicted octanol–water partition coefficient (Wildman–Crippen LogP) is 2.08. The van der Waals surface area contributed by atoms with Gasteiger partial charge in [-0.1, -0.05) is 0 Å². The number of carbonyl (C=O) groups is 1. The van der Waals surface area contributed by atoms with Crippen LogP contribution in [0.2, 0.25) is 0 Å². The molecule has 110 valence electrons. The van der Waals surface area contributed by atoms with Crippen molar-refractivity contribution in [3.63, 3.8) is 0 Å². The predicted molar refractivity (Wildman–Crippen MR) is 82.7 cm³/mol. The van der Waals surface area contributed by atoms with Gasteiger partial charge in [0.25, 0.3) is 0 Å². The van der Waals surface area contributed by atoms with Gasteiger partial charge in [-0.3, -0.25) is 0 Å². The Labute approximate surface area is 134 Å². The first-order chi connectivity index (χ1) is 10.1. The highest BCUT2D eigenvalue weighted by Gasteiger charge is 2.26. The standard InChI is InChI=1S/C14H13IN2O4/c1-2-20-14(19)9-6-10-12(18)7-21-13-4-3-8(15)5-11(13)17(10)16-9/h3-6,12,18H,2,7H2,1H3. The van der Waals surface area contributed by atoms with Crippen molar-refractivity contribution >= 4 is 28.6 Å². The van der Waals surface area contributed by atoms with Crippen LogP contribution in [0.15, 0.2) is 24.3 Å². The van der Waals surface area contributed by atoms with E-state index in [9.17, 15) is 9.90 Å². The Balaban J connectivity index is 2.14. The molecule has 0 amide bonds. The number of carbonyl (C=O) groups excluding carboxylic acids is 1. The number of nitrogens with zero attached hydrogens (tertiary/aromatic N) is 2. The van der Waals surface area contributed by atoms with Crippen molar-refractivity contribution in [2.75, 3.05) is 13.2 Å². The second kappa shape index (κ2) is 5.64. The van der Waals surface area contributed by atoms with Gasteiger partial charge in [0.2, 0.25) is 0 Å². The highest BCUT2D eigenvalue weighted by molar-refractivity contribution is 14.1. The molecule has 2 heterocycles. The van der Waals surface area contributed by atoms with E-state index in [1.54, 1.807) is 17.7 Å². The lowest BCUT2D eigenvalue weighted by Gasteiger charge is -2.08. The van der Waals surface area contributed by atoms with E-state index >= 15 is 0 Å². The van der Waals surface area contributed by atoms with Crippen molar-refractivity contribution in [3.8, 4) is 11.4 Å². The Morgan fingerprint density at radius 3 is 3.14 bits per heavy atom. The van der Waals surface area contributed by atoms with Crippen LogP contribution in [0.1, 0.15) is 29.2 Å². The highest BCUT2D eigenvalue weighted by Crippen LogP contribution is 2.32. The van der Waals surface area contributed by atoms with E-state index in [1.165, 1.54) is 0 Å². The van der Waals surface area contributed by atoms with Crippen molar-refractivity contribution in [2.24, 2.45) is 0 Å². The summed E-state index contributed by atoms with van der Waals surface area (Å²) in [6.07, 6.45) is -0.856. The molecule has 21 heavy (non-hydrogen) atoms. The van der Waals surface area contributed by atoms with Gasteiger partial charge in [0.05, 0.1) is 12.3 Å². The van der Waals surface area contributed by atoms with E-state index in [4.69, 9.17) is 9.47 Å². The summed E-state index contributed by atoms with van der Waals surface area (Å²) in [5.74, 6) is 0.116. The van der Waals surface area contributed by atoms with E-state index < -0.39 is 12.1 Å². The van der Waals surface area contributed by atoms with E-state index in [1.807, 2.05) is 18.2 Å². The van der Waals surface area contributed by atoms with E-state index in [0.29, 0.717) is 17.1 Å². The number of fused-ring (bicyclic) bond motifs is 3. The van der Waals surface area contributed by atoms with Crippen LogP contribution in [-0.4, -0.2) is 34.1 Å². The van der Waals surface area contributed by atoms with Gasteiger partial charge in [-0.05, 0) is 53.8 Å². The number of ether oxygens (including phenoxy) is 2. The van der Waals surface area contributed by atoms with Crippen LogP contribution in [0.25, 0.3) is 5.69 Å². The number of benzene rings is 1. The molecular weight excluding hydrogens is 387 g/mol. The van der Waals surface area contributed by atoms with Gasteiger partial charge in [-0.15, -0.1) is 0 Å². The molecule has 1 aliphatic rings. The van der Waals surface area contributed by atoms with Gasteiger partial charge in [-0.25, -0.2) is 9.48 Å². The molecule has 0 saturated heterocycles. The maximum Gasteiger partial charge on any atom is 0.358 e. The average molecular weight is 400 g/mol. The zero-order valence-corrected chi connectivity index (χ0v) is 13.4. The zero-order chi connectivity index (χ0) is 15.0. The van der Waals surface area contributed by atoms with Crippen molar-refractivity contribution in [1.82, 2.24) is 9.78 Å². The molecule has 0 aliphatic carbocycles. The fraction of sp³-hybridized carbons (Fsp3) is 0.286. The molecule has 0 spiro atoms. The number of aliphatic hydroxyl groups is 1. The molecule has 0 radical (unpaired) electrons. The Bertz CT molecular complexity index is 698. The second-order valence-corrected chi connectivity index (χ2v) is 5.77. The van der Waals surface area contributed by atoms with E-state index in [0.717, 1.165) is 3.57 Å². The van der Waals surface area contributed by atoms with Crippen molar-refractivity contribution in [2.45, 2.75) is 13.0 Å². The number of hydrogen-bond donors (Lipinski definition) is 1. The summed E-state index contributed by atoms with van der Waals surface area (Å²) in [7, 11) is 0. The normalized spacial score (nSPS) is 16.4. The third-order valence-electron chi connectivity index (χ3n) is 3.11. The molecule has 3 rings (SSSR count). The Morgan fingerprint density at radius 1 is 1.57 bits per heavy atom. The first kappa shape index (κ1) is 14.3. The molecule has 0 bridgehead atoms. The molecule has 7 heteroatoms. The van der Waals surface area contributed by atoms with Gasteiger partial charge in [0.15, 0.2) is 5.69 Å². The van der Waals surface area contributed by atoms with Gasteiger partial charge in [-0.2, -0.15) is 5.10 Å². The topological polar surface area (TPSA) is 73.6 Å². The first-order valence-corrected chi connectivity index (χ1v) is 7.56. The van der Waals surface area contributed by atoms with Crippen LogP contribution in [-0.2, 0) is 4.74 Å². The van der Waals surface area contributed by atoms with Gasteiger partial charge in [0, 0.05) is 3.57 Å². The van der Waals surface area contributed by atoms with Crippen LogP contribution >= 0.6 is 22.6 Å². The molecule has 1 aliphatic heterocycles. The monoisotopic (exact) mass is 400 g/mol. The van der Waals surface area contributed by atoms with E-state index in [2.05, 4.69) is 27.7 Å². The molecule has 6 nitrogen and oxygen atoms in total. The Morgan fingerprint density at radius 2 is 2.38 bits per heavy atom. The number of halogens is 1. The minimum atomic E-state index is -0.856. The summed E-state index contributed by atoms with van der Waals surface area (Å²) < 4.78 is 13.1. The van der Waals surface area contributed by atoms with Crippen molar-refractivity contribution in [1.29, 1.82) is 0 Å². The maximum absolute atomic E-state index is 11.8. The second-order valence-electron chi connectivity index (χ2n) is 4.53. The number of rotatable bonds is 2. The summed E-state index contributed by atoms with van der Waals surface area (Å²) in [6.45, 7) is 2.13. The molecule has 1 atom stereocenters. The molecule has 1 N–H and O–H groups in total. The lowest BCUT2D eigenvalue weighted by atomic mass is 10.2. The van der Waals surface area contributed by atoms with Crippen LogP contribution in [0.4, 0.5) is 0 Å². The molecular formula is C14H13IN2O4. The Hall–Kier alpha value is -1.61. The molecule has 1 unspecified atom stereocenters. The third-order valence-corrected chi connectivity index (χ3v) is 3.78. The molecule has 1 aromatic carbocycles. The summed E-state index contributed by atoms with van der Waals surface area (Å²) in [5.41, 5.74) is 1.39. The van der Waals surface area contributed by atoms with Crippen LogP contribution in [0.5, 0.6) is 5.75 Å². The maximum atomic E-state index is 11.8. The van der Waals surface area contributed by atoms with Gasteiger partial charge < -0.3 is 14.6 Å². The summed E-state index contributed by atoms with van der Waals surface area (Å²) >= 11 is 2.19. The first-order valence-electron chi connectivity index (χ1n) is 6.48. The summed E-state index contributed by atoms with van der Waals surface area (Å²) in [6, 6.07) is 7.16. The molecule has 1 aromatic heterocycles. The quantitative estimate of drug-likeness (QED) is 0.618. The average Bonchev–Trinajstić information content (AvgIpc) is 2.86. The van der Waals surface area contributed by atoms with Crippen molar-refractivity contribution < 1.29 is 19.4 Å². The minimum Gasteiger partial charge on any atom is -0.488 e. The lowest BCUT2D eigenvalue weighted by molar-refractivity contribution is 0.0519. The van der Waals surface area contributed by atoms with Crippen molar-refractivity contribution in [3.05, 3.63) is 39.2 Å². The molecule has 0 fully saturated rings. The van der Waals surface area contributed by atoms with Crippen LogP contribution in [0.3, 0.4) is 0 Å². The lowest BCUT2D eigenvalue weighted by Crippen LogP contribution is -2.09. The van der Waals surface area contributed by atoms with Crippen LogP contribution < -0.4 is 4.74 Å². The van der Waals surface area contributed by atoms with Crippen LogP contribution in [0, 0.1) is 3.57 Å².